The highest BCUT2D eigenvalue weighted by Gasteiger charge is 2.57. The van der Waals surface area contributed by atoms with Crippen LogP contribution in [0.15, 0.2) is 36.9 Å². The normalized spacial score (nSPS) is 31.7. The van der Waals surface area contributed by atoms with Crippen molar-refractivity contribution in [2.24, 2.45) is 0 Å². The van der Waals surface area contributed by atoms with Crippen LogP contribution in [0.4, 0.5) is 11.6 Å². The second kappa shape index (κ2) is 13.2. The lowest BCUT2D eigenvalue weighted by molar-refractivity contribution is -0.191. The maximum atomic E-state index is 9.54. The molecule has 4 fully saturated rings. The Hall–Kier alpha value is -2.86. The van der Waals surface area contributed by atoms with Crippen molar-refractivity contribution in [1.82, 2.24) is 29.2 Å². The summed E-state index contributed by atoms with van der Waals surface area (Å²) in [6.07, 6.45) is 1.87. The van der Waals surface area contributed by atoms with Gasteiger partial charge in [-0.1, -0.05) is 6.92 Å². The standard InChI is InChI=1S/C15H20N4O3.C14H18N4O4.CH2Cl2/c1-4-10-12-13(22-15(2,3)21-12)11(20-10)8-5-6-9-14(16)17-7-18-19(8)9;1-14(2)21-11-9(5-19)20-10(12(11)22-14)7-3-4-8-13(15)16-6-17-18(7)8;2-1-3/h5-7,10-13H,4H2,1-3H3,(H2,16,17,18);3-4,6,9-12,19H,5H2,1-2H3,(H2,15,16,17);1H2/t10-,11+,12-,13+;9-,10+,11-,12+;/m11./s1. The molecule has 47 heavy (non-hydrogen) atoms. The van der Waals surface area contributed by atoms with Gasteiger partial charge in [0.05, 0.1) is 29.4 Å². The van der Waals surface area contributed by atoms with Crippen LogP contribution in [0.3, 0.4) is 0 Å². The number of ether oxygens (including phenoxy) is 6. The summed E-state index contributed by atoms with van der Waals surface area (Å²) < 4.78 is 39.6. The molecule has 0 aliphatic carbocycles. The lowest BCUT2D eigenvalue weighted by Gasteiger charge is -2.23. The second-order valence-electron chi connectivity index (χ2n) is 12.4. The molecule has 17 heteroatoms. The van der Waals surface area contributed by atoms with Gasteiger partial charge in [0, 0.05) is 0 Å². The third-order valence-electron chi connectivity index (χ3n) is 8.49. The Kier molecular flexibility index (Phi) is 9.56. The first-order valence-electron chi connectivity index (χ1n) is 15.3. The van der Waals surface area contributed by atoms with Crippen molar-refractivity contribution in [3.63, 3.8) is 0 Å². The number of nitrogens with two attached hydrogens (primary N) is 2. The first-order chi connectivity index (χ1) is 22.4. The molecule has 0 spiro atoms. The molecule has 4 aliphatic heterocycles. The molecule has 15 nitrogen and oxygen atoms in total. The number of nitrogens with zero attached hydrogens (tertiary/aromatic N) is 6. The number of aliphatic hydroxyl groups excluding tert-OH is 1. The van der Waals surface area contributed by atoms with Crippen molar-refractivity contribution in [3.05, 3.63) is 48.3 Å². The molecule has 8 heterocycles. The molecule has 4 aromatic rings. The van der Waals surface area contributed by atoms with Crippen LogP contribution in [-0.2, 0) is 28.4 Å². The van der Waals surface area contributed by atoms with E-state index in [-0.39, 0.29) is 54.7 Å². The Morgan fingerprint density at radius 2 is 1.13 bits per heavy atom. The van der Waals surface area contributed by atoms with E-state index in [1.807, 2.05) is 52.0 Å². The number of fused-ring (bicyclic) bond motifs is 4. The van der Waals surface area contributed by atoms with Crippen LogP contribution in [0.25, 0.3) is 11.0 Å². The van der Waals surface area contributed by atoms with Gasteiger partial charge >= 0.3 is 0 Å². The van der Waals surface area contributed by atoms with Crippen molar-refractivity contribution in [3.8, 4) is 0 Å². The van der Waals surface area contributed by atoms with Gasteiger partial charge in [-0.2, -0.15) is 10.2 Å². The number of hydrogen-bond donors (Lipinski definition) is 3. The molecule has 4 saturated heterocycles. The van der Waals surface area contributed by atoms with Gasteiger partial charge in [0.2, 0.25) is 0 Å². The van der Waals surface area contributed by atoms with E-state index in [9.17, 15) is 5.11 Å². The SMILES string of the molecule is CC1(C)O[C@@H]2[C@H](O1)[C@@H](CO)O[C@H]2c1ccc2c(N)ncnn12.CC[C@H]1O[C@@H](c2ccc3c(N)ncnn23)[C@@H]2OC(C)(C)O[C@@H]21.ClCCl. The van der Waals surface area contributed by atoms with E-state index in [2.05, 4.69) is 27.1 Å². The largest absolute Gasteiger partial charge is 0.394 e. The summed E-state index contributed by atoms with van der Waals surface area (Å²) in [6.45, 7) is 9.55. The van der Waals surface area contributed by atoms with E-state index in [0.29, 0.717) is 17.2 Å². The summed E-state index contributed by atoms with van der Waals surface area (Å²) in [5.41, 5.74) is 15.0. The minimum absolute atomic E-state index is 0.0153. The monoisotopic (exact) mass is 694 g/mol. The Labute approximate surface area is 281 Å². The van der Waals surface area contributed by atoms with Crippen LogP contribution >= 0.6 is 23.2 Å². The number of halogens is 2. The number of aromatic nitrogens is 6. The quantitative estimate of drug-likeness (QED) is 0.264. The minimum Gasteiger partial charge on any atom is -0.394 e. The summed E-state index contributed by atoms with van der Waals surface area (Å²) in [6, 6.07) is 7.60. The van der Waals surface area contributed by atoms with Crippen molar-refractivity contribution >= 4 is 45.9 Å². The first-order valence-corrected chi connectivity index (χ1v) is 16.4. The number of hydrogen-bond acceptors (Lipinski definition) is 13. The molecule has 0 saturated carbocycles. The molecule has 0 amide bonds. The summed E-state index contributed by atoms with van der Waals surface area (Å²) in [5, 5.41) is 18.3. The zero-order valence-corrected chi connectivity index (χ0v) is 28.2. The highest BCUT2D eigenvalue weighted by atomic mass is 35.5. The Bertz CT molecular complexity index is 1580. The molecule has 8 atom stereocenters. The van der Waals surface area contributed by atoms with Gasteiger partial charge in [0.25, 0.3) is 0 Å². The molecule has 5 N–H and O–H groups in total. The third kappa shape index (κ3) is 6.36. The molecule has 0 bridgehead atoms. The molecule has 4 aromatic heterocycles. The summed E-state index contributed by atoms with van der Waals surface area (Å²) in [5.74, 6) is -0.442. The van der Waals surface area contributed by atoms with Crippen LogP contribution < -0.4 is 11.5 Å². The van der Waals surface area contributed by atoms with Crippen molar-refractivity contribution < 1.29 is 33.5 Å². The predicted molar refractivity (Wildman–Crippen MR) is 172 cm³/mol. The number of nitrogen functional groups attached to an aromatic ring is 2. The highest BCUT2D eigenvalue weighted by Crippen LogP contribution is 2.47. The number of anilines is 2. The van der Waals surface area contributed by atoms with Gasteiger partial charge < -0.3 is 45.0 Å². The Morgan fingerprint density at radius 3 is 1.55 bits per heavy atom. The fourth-order valence-electron chi connectivity index (χ4n) is 6.69. The molecule has 4 aliphatic rings. The van der Waals surface area contributed by atoms with E-state index in [1.54, 1.807) is 9.03 Å². The summed E-state index contributed by atoms with van der Waals surface area (Å²) in [4.78, 5) is 7.99. The minimum atomic E-state index is -0.703. The van der Waals surface area contributed by atoms with Crippen LogP contribution in [0.2, 0.25) is 0 Å². The lowest BCUT2D eigenvalue weighted by atomic mass is 10.0. The van der Waals surface area contributed by atoms with Gasteiger partial charge in [-0.15, -0.1) is 23.2 Å². The summed E-state index contributed by atoms with van der Waals surface area (Å²) in [7, 11) is 0. The van der Waals surface area contributed by atoms with Gasteiger partial charge in [0.15, 0.2) is 23.2 Å². The van der Waals surface area contributed by atoms with Crippen LogP contribution in [-0.4, -0.2) is 94.4 Å². The van der Waals surface area contributed by atoms with E-state index >= 15 is 0 Å². The highest BCUT2D eigenvalue weighted by molar-refractivity contribution is 6.40. The summed E-state index contributed by atoms with van der Waals surface area (Å²) >= 11 is 9.53. The van der Waals surface area contributed by atoms with Gasteiger partial charge in [-0.25, -0.2) is 19.0 Å². The molecular formula is C30H40Cl2N8O7. The van der Waals surface area contributed by atoms with E-state index < -0.39 is 17.7 Å². The topological polar surface area (TPSA) is 188 Å². The predicted octanol–water partition coefficient (Wildman–Crippen LogP) is 3.37. The molecule has 8 rings (SSSR count). The van der Waals surface area contributed by atoms with Crippen molar-refractivity contribution in [2.75, 3.05) is 23.4 Å². The maximum Gasteiger partial charge on any atom is 0.164 e. The van der Waals surface area contributed by atoms with E-state index in [4.69, 9.17) is 63.1 Å². The van der Waals surface area contributed by atoms with Gasteiger partial charge in [0.1, 0.15) is 66.4 Å². The third-order valence-corrected chi connectivity index (χ3v) is 8.49. The number of aliphatic hydroxyl groups is 1. The average Bonchev–Trinajstić information content (AvgIpc) is 3.85. The molecule has 256 valence electrons. The van der Waals surface area contributed by atoms with Gasteiger partial charge in [-0.05, 0) is 58.4 Å². The van der Waals surface area contributed by atoms with E-state index in [0.717, 1.165) is 23.3 Å². The first kappa shape index (κ1) is 34.0. The fraction of sp³-hybridized carbons (Fsp3) is 0.600. The molecule has 0 unspecified atom stereocenters. The average molecular weight is 696 g/mol. The van der Waals surface area contributed by atoms with Crippen molar-refractivity contribution in [1.29, 1.82) is 0 Å². The van der Waals surface area contributed by atoms with Crippen LogP contribution in [0.5, 0.6) is 0 Å². The van der Waals surface area contributed by atoms with Crippen LogP contribution in [0.1, 0.15) is 64.6 Å². The van der Waals surface area contributed by atoms with Crippen molar-refractivity contribution in [2.45, 2.75) is 101 Å². The van der Waals surface area contributed by atoms with Gasteiger partial charge in [-0.3, -0.25) is 0 Å². The maximum absolute atomic E-state index is 9.54. The smallest absolute Gasteiger partial charge is 0.164 e. The number of alkyl halides is 2. The Morgan fingerprint density at radius 1 is 0.723 bits per heavy atom. The lowest BCUT2D eigenvalue weighted by Crippen LogP contribution is -2.31. The zero-order chi connectivity index (χ0) is 33.7. The van der Waals surface area contributed by atoms with Crippen LogP contribution in [0, 0.1) is 0 Å². The van der Waals surface area contributed by atoms with E-state index in [1.165, 1.54) is 12.7 Å². The molecule has 0 radical (unpaired) electrons. The number of rotatable bonds is 4. The zero-order valence-electron chi connectivity index (χ0n) is 26.7. The fourth-order valence-corrected chi connectivity index (χ4v) is 6.69. The molecule has 0 aromatic carbocycles. The second-order valence-corrected chi connectivity index (χ2v) is 13.2. The Balaban J connectivity index is 0.000000152. The molecular weight excluding hydrogens is 655 g/mol.